The Hall–Kier alpha value is -3.45. The largest absolute Gasteiger partial charge is 0.494 e. The molecule has 7 nitrogen and oxygen atoms in total. The van der Waals surface area contributed by atoms with Crippen molar-refractivity contribution in [2.75, 3.05) is 25.1 Å². The fourth-order valence-corrected chi connectivity index (χ4v) is 4.65. The molecule has 0 unspecified atom stereocenters. The molecule has 35 heavy (non-hydrogen) atoms. The summed E-state index contributed by atoms with van der Waals surface area (Å²) in [5.41, 5.74) is 4.71. The first-order chi connectivity index (χ1) is 16.8. The number of Topliss-reactive ketones (excluding diaryl/α,β-unsaturated/α-hetero) is 1. The molecule has 2 aromatic carbocycles. The van der Waals surface area contributed by atoms with Crippen molar-refractivity contribution in [2.45, 2.75) is 38.5 Å². The van der Waals surface area contributed by atoms with Crippen LogP contribution in [0.25, 0.3) is 11.1 Å². The van der Waals surface area contributed by atoms with Crippen LogP contribution in [-0.4, -0.2) is 47.0 Å². The van der Waals surface area contributed by atoms with Gasteiger partial charge in [0.15, 0.2) is 5.78 Å². The number of carboxylic acid groups (broad SMARTS) is 1. The van der Waals surface area contributed by atoms with Gasteiger partial charge in [0.2, 0.25) is 5.28 Å². The van der Waals surface area contributed by atoms with Crippen molar-refractivity contribution in [3.8, 4) is 16.9 Å². The number of ketones is 1. The summed E-state index contributed by atoms with van der Waals surface area (Å²) in [6.45, 7) is 2.77. The Morgan fingerprint density at radius 1 is 1.20 bits per heavy atom. The second-order valence-corrected chi connectivity index (χ2v) is 9.17. The van der Waals surface area contributed by atoms with E-state index >= 15 is 0 Å². The highest BCUT2D eigenvalue weighted by molar-refractivity contribution is 6.28. The predicted molar refractivity (Wildman–Crippen MR) is 136 cm³/mol. The third-order valence-corrected chi connectivity index (χ3v) is 6.53. The van der Waals surface area contributed by atoms with Gasteiger partial charge in [-0.05, 0) is 72.5 Å². The molecule has 1 heterocycles. The Bertz CT molecular complexity index is 1230. The lowest BCUT2D eigenvalue weighted by Crippen LogP contribution is -2.22. The standard InChI is InChI=1S/C27H28ClN3O4/c1-17(32)18-4-6-19(7-5-18)24-16-29-27(28)30-26(24)31(2)12-3-13-35-22-10-11-23-20(14-22)8-9-21(23)15-25(33)34/h4-7,10-11,14,16,21H,3,8-9,12-13,15H2,1-2H3,(H,33,34)/t21-/m0/s1. The number of benzene rings is 2. The quantitative estimate of drug-likeness (QED) is 0.229. The molecule has 182 valence electrons. The van der Waals surface area contributed by atoms with Gasteiger partial charge in [0.05, 0.1) is 13.0 Å². The van der Waals surface area contributed by atoms with Gasteiger partial charge < -0.3 is 14.7 Å². The Morgan fingerprint density at radius 3 is 2.69 bits per heavy atom. The molecule has 0 spiro atoms. The molecule has 0 saturated heterocycles. The van der Waals surface area contributed by atoms with E-state index in [4.69, 9.17) is 21.4 Å². The minimum absolute atomic E-state index is 0.0182. The van der Waals surface area contributed by atoms with Crippen LogP contribution in [0.3, 0.4) is 0 Å². The smallest absolute Gasteiger partial charge is 0.303 e. The lowest BCUT2D eigenvalue weighted by molar-refractivity contribution is -0.137. The van der Waals surface area contributed by atoms with Gasteiger partial charge in [-0.1, -0.05) is 30.3 Å². The van der Waals surface area contributed by atoms with Crippen LogP contribution >= 0.6 is 11.6 Å². The molecule has 0 amide bonds. The maximum Gasteiger partial charge on any atom is 0.303 e. The van der Waals surface area contributed by atoms with Crippen LogP contribution in [0.15, 0.2) is 48.7 Å². The van der Waals surface area contributed by atoms with Gasteiger partial charge in [-0.2, -0.15) is 4.98 Å². The third-order valence-electron chi connectivity index (χ3n) is 6.35. The van der Waals surface area contributed by atoms with Gasteiger partial charge in [0.25, 0.3) is 0 Å². The molecule has 0 fully saturated rings. The Morgan fingerprint density at radius 2 is 1.97 bits per heavy atom. The van der Waals surface area contributed by atoms with Crippen molar-refractivity contribution < 1.29 is 19.4 Å². The van der Waals surface area contributed by atoms with E-state index in [0.717, 1.165) is 41.7 Å². The molecular formula is C27H28ClN3O4. The van der Waals surface area contributed by atoms with E-state index in [9.17, 15) is 9.59 Å². The highest BCUT2D eigenvalue weighted by Crippen LogP contribution is 2.37. The summed E-state index contributed by atoms with van der Waals surface area (Å²) in [5.74, 6) is 0.872. The average molecular weight is 494 g/mol. The molecule has 1 atom stereocenters. The molecule has 1 aliphatic carbocycles. The summed E-state index contributed by atoms with van der Waals surface area (Å²) in [6, 6.07) is 13.3. The van der Waals surface area contributed by atoms with Crippen LogP contribution in [0.4, 0.5) is 5.82 Å². The molecule has 3 aromatic rings. The molecule has 0 aliphatic heterocycles. The fraction of sp³-hybridized carbons (Fsp3) is 0.333. The second-order valence-electron chi connectivity index (χ2n) is 8.83. The number of halogens is 1. The van der Waals surface area contributed by atoms with Crippen molar-refractivity contribution in [1.29, 1.82) is 0 Å². The van der Waals surface area contributed by atoms with Crippen molar-refractivity contribution in [3.05, 3.63) is 70.6 Å². The van der Waals surface area contributed by atoms with Gasteiger partial charge >= 0.3 is 5.97 Å². The van der Waals surface area contributed by atoms with E-state index in [1.54, 1.807) is 25.3 Å². The SMILES string of the molecule is CC(=O)c1ccc(-c2cnc(Cl)nc2N(C)CCCOc2ccc3c(c2)CC[C@H]3CC(=O)O)cc1. The Labute approximate surface area is 209 Å². The number of carbonyl (C=O) groups excluding carboxylic acids is 1. The lowest BCUT2D eigenvalue weighted by atomic mass is 9.98. The van der Waals surface area contributed by atoms with Crippen molar-refractivity contribution in [2.24, 2.45) is 0 Å². The van der Waals surface area contributed by atoms with Gasteiger partial charge in [0.1, 0.15) is 11.6 Å². The summed E-state index contributed by atoms with van der Waals surface area (Å²) in [6.07, 6.45) is 4.40. The molecule has 4 rings (SSSR count). The third kappa shape index (κ3) is 5.98. The fourth-order valence-electron chi connectivity index (χ4n) is 4.52. The van der Waals surface area contributed by atoms with Crippen molar-refractivity contribution >= 4 is 29.2 Å². The minimum Gasteiger partial charge on any atom is -0.494 e. The molecule has 1 aliphatic rings. The summed E-state index contributed by atoms with van der Waals surface area (Å²) in [4.78, 5) is 33.3. The van der Waals surface area contributed by atoms with Crippen LogP contribution in [0.5, 0.6) is 5.75 Å². The number of rotatable bonds is 10. The van der Waals surface area contributed by atoms with Crippen LogP contribution in [-0.2, 0) is 11.2 Å². The lowest BCUT2D eigenvalue weighted by Gasteiger charge is -2.21. The summed E-state index contributed by atoms with van der Waals surface area (Å²) in [5, 5.41) is 9.27. The summed E-state index contributed by atoms with van der Waals surface area (Å²) < 4.78 is 5.97. The number of fused-ring (bicyclic) bond motifs is 1. The number of nitrogens with zero attached hydrogens (tertiary/aromatic N) is 3. The van der Waals surface area contributed by atoms with E-state index < -0.39 is 5.97 Å². The van der Waals surface area contributed by atoms with E-state index in [1.807, 2.05) is 42.3 Å². The first-order valence-electron chi connectivity index (χ1n) is 11.6. The monoisotopic (exact) mass is 493 g/mol. The maximum absolute atomic E-state index is 11.6. The van der Waals surface area contributed by atoms with Crippen LogP contribution in [0.2, 0.25) is 5.28 Å². The highest BCUT2D eigenvalue weighted by Gasteiger charge is 2.25. The molecule has 0 saturated carbocycles. The Kier molecular flexibility index (Phi) is 7.66. The van der Waals surface area contributed by atoms with Crippen LogP contribution < -0.4 is 9.64 Å². The van der Waals surface area contributed by atoms with E-state index in [0.29, 0.717) is 24.5 Å². The minimum atomic E-state index is -0.756. The zero-order valence-electron chi connectivity index (χ0n) is 19.8. The molecule has 0 radical (unpaired) electrons. The number of hydrogen-bond donors (Lipinski definition) is 1. The molecule has 1 aromatic heterocycles. The maximum atomic E-state index is 11.6. The Balaban J connectivity index is 1.36. The number of aromatic nitrogens is 2. The molecular weight excluding hydrogens is 466 g/mol. The molecule has 1 N–H and O–H groups in total. The van der Waals surface area contributed by atoms with Gasteiger partial charge in [0, 0.05) is 30.9 Å². The molecule has 0 bridgehead atoms. The first-order valence-corrected chi connectivity index (χ1v) is 12.0. The van der Waals surface area contributed by atoms with Gasteiger partial charge in [-0.3, -0.25) is 9.59 Å². The normalized spacial score (nSPS) is 14.4. The topological polar surface area (TPSA) is 92.6 Å². The number of aryl methyl sites for hydroxylation is 1. The number of ether oxygens (including phenoxy) is 1. The number of carboxylic acids is 1. The van der Waals surface area contributed by atoms with Gasteiger partial charge in [-0.15, -0.1) is 0 Å². The van der Waals surface area contributed by atoms with Crippen LogP contribution in [0, 0.1) is 0 Å². The van der Waals surface area contributed by atoms with E-state index in [2.05, 4.69) is 9.97 Å². The first kappa shape index (κ1) is 24.7. The summed E-state index contributed by atoms with van der Waals surface area (Å²) in [7, 11) is 1.95. The van der Waals surface area contributed by atoms with E-state index in [1.165, 1.54) is 5.56 Å². The number of carbonyl (C=O) groups is 2. The van der Waals surface area contributed by atoms with Crippen molar-refractivity contribution in [3.63, 3.8) is 0 Å². The zero-order chi connectivity index (χ0) is 24.9. The summed E-state index contributed by atoms with van der Waals surface area (Å²) >= 11 is 6.09. The zero-order valence-corrected chi connectivity index (χ0v) is 20.6. The highest BCUT2D eigenvalue weighted by atomic mass is 35.5. The van der Waals surface area contributed by atoms with Crippen LogP contribution in [0.1, 0.15) is 53.6 Å². The van der Waals surface area contributed by atoms with E-state index in [-0.39, 0.29) is 23.4 Å². The average Bonchev–Trinajstić information content (AvgIpc) is 3.23. The second kappa shape index (κ2) is 10.9. The molecule has 8 heteroatoms. The number of aliphatic carboxylic acids is 1. The number of hydrogen-bond acceptors (Lipinski definition) is 6. The van der Waals surface area contributed by atoms with Crippen molar-refractivity contribution in [1.82, 2.24) is 9.97 Å². The van der Waals surface area contributed by atoms with Gasteiger partial charge in [-0.25, -0.2) is 4.98 Å². The predicted octanol–water partition coefficient (Wildman–Crippen LogP) is 5.41. The number of anilines is 1.